The summed E-state index contributed by atoms with van der Waals surface area (Å²) < 4.78 is 29.0. The van der Waals surface area contributed by atoms with E-state index >= 15 is 0 Å². The lowest BCUT2D eigenvalue weighted by molar-refractivity contribution is -0.527. The minimum absolute atomic E-state index is 0.578. The Balaban J connectivity index is 1.49. The van der Waals surface area contributed by atoms with Crippen LogP contribution in [0.15, 0.2) is 60.7 Å². The highest BCUT2D eigenvalue weighted by atomic mass is 17.0. The number of ether oxygens (including phenoxy) is 5. The second kappa shape index (κ2) is 5.85. The van der Waals surface area contributed by atoms with Gasteiger partial charge in [0.25, 0.3) is 0 Å². The van der Waals surface area contributed by atoms with E-state index in [0.29, 0.717) is 37.6 Å². The zero-order valence-electron chi connectivity index (χ0n) is 12.6. The van der Waals surface area contributed by atoms with Gasteiger partial charge in [-0.3, -0.25) is 0 Å². The first kappa shape index (κ1) is 14.5. The largest absolute Gasteiger partial charge is 0.439 e. The average molecular weight is 314 g/mol. The third-order valence-electron chi connectivity index (χ3n) is 3.80. The van der Waals surface area contributed by atoms with Crippen LogP contribution in [-0.4, -0.2) is 25.2 Å². The van der Waals surface area contributed by atoms with E-state index < -0.39 is 11.9 Å². The molecule has 0 amide bonds. The summed E-state index contributed by atoms with van der Waals surface area (Å²) in [5, 5.41) is 0. The molecule has 120 valence electrons. The van der Waals surface area contributed by atoms with E-state index in [2.05, 4.69) is 0 Å². The minimum Gasteiger partial charge on any atom is -0.439 e. The third kappa shape index (κ3) is 3.03. The summed E-state index contributed by atoms with van der Waals surface area (Å²) in [6.07, 6.45) is 1.23. The van der Waals surface area contributed by atoms with Gasteiger partial charge < -0.3 is 18.9 Å². The normalized spacial score (nSPS) is 29.2. The van der Waals surface area contributed by atoms with Crippen molar-refractivity contribution in [2.45, 2.75) is 24.8 Å². The molecule has 0 aliphatic carbocycles. The lowest BCUT2D eigenvalue weighted by Crippen LogP contribution is -2.62. The van der Waals surface area contributed by atoms with Gasteiger partial charge in [0.1, 0.15) is 11.5 Å². The summed E-state index contributed by atoms with van der Waals surface area (Å²) in [4.78, 5) is 0. The molecule has 2 aliphatic heterocycles. The highest BCUT2D eigenvalue weighted by Crippen LogP contribution is 2.41. The van der Waals surface area contributed by atoms with Gasteiger partial charge in [0.15, 0.2) is 0 Å². The van der Waals surface area contributed by atoms with Crippen LogP contribution < -0.4 is 9.47 Å². The number of hydrogen-bond acceptors (Lipinski definition) is 5. The van der Waals surface area contributed by atoms with Crippen LogP contribution in [-0.2, 0) is 14.2 Å². The van der Waals surface area contributed by atoms with Gasteiger partial charge in [-0.2, -0.15) is 0 Å². The Labute approximate surface area is 134 Å². The molecule has 0 aromatic heterocycles. The monoisotopic (exact) mass is 314 g/mol. The first-order chi connectivity index (χ1) is 11.3. The first-order valence-corrected chi connectivity index (χ1v) is 7.74. The summed E-state index contributed by atoms with van der Waals surface area (Å²) in [6.45, 7) is 1.16. The summed E-state index contributed by atoms with van der Waals surface area (Å²) in [5.41, 5.74) is 0. The number of hydrogen-bond donors (Lipinski definition) is 0. The Morgan fingerprint density at radius 3 is 1.35 bits per heavy atom. The Hall–Kier alpha value is -2.08. The van der Waals surface area contributed by atoms with E-state index in [9.17, 15) is 0 Å². The molecule has 5 nitrogen and oxygen atoms in total. The highest BCUT2D eigenvalue weighted by molar-refractivity contribution is 5.22. The predicted octanol–water partition coefficient (Wildman–Crippen LogP) is 3.31. The molecular formula is C18H18O5. The first-order valence-electron chi connectivity index (χ1n) is 7.74. The van der Waals surface area contributed by atoms with E-state index in [0.717, 1.165) is 0 Å². The SMILES string of the molecule is c1ccc(OC2(OC3(Oc4ccccc4)CCO3)CCO2)cc1. The number of para-hydroxylation sites is 2. The Bertz CT molecular complexity index is 577. The van der Waals surface area contributed by atoms with Crippen LogP contribution in [0.5, 0.6) is 11.5 Å². The molecule has 2 saturated heterocycles. The van der Waals surface area contributed by atoms with Crippen molar-refractivity contribution in [3.63, 3.8) is 0 Å². The predicted molar refractivity (Wildman–Crippen MR) is 81.8 cm³/mol. The van der Waals surface area contributed by atoms with Crippen LogP contribution in [0.25, 0.3) is 0 Å². The summed E-state index contributed by atoms with van der Waals surface area (Å²) in [6, 6.07) is 18.9. The minimum atomic E-state index is -1.16. The summed E-state index contributed by atoms with van der Waals surface area (Å²) in [5.74, 6) is -0.949. The van der Waals surface area contributed by atoms with Crippen molar-refractivity contribution in [3.05, 3.63) is 60.7 Å². The molecule has 2 atom stereocenters. The second-order valence-electron chi connectivity index (χ2n) is 5.50. The standard InChI is InChI=1S/C18H18O5/c1-3-7-15(8-4-1)21-17(11-13-19-17)23-18(12-14-20-18)22-16-9-5-2-6-10-16/h1-10H,11-14H2. The van der Waals surface area contributed by atoms with E-state index in [-0.39, 0.29) is 0 Å². The van der Waals surface area contributed by atoms with Gasteiger partial charge in [-0.15, -0.1) is 0 Å². The van der Waals surface area contributed by atoms with Crippen LogP contribution in [0.2, 0.25) is 0 Å². The van der Waals surface area contributed by atoms with Crippen LogP contribution in [0.3, 0.4) is 0 Å². The number of benzene rings is 2. The fraction of sp³-hybridized carbons (Fsp3) is 0.333. The van der Waals surface area contributed by atoms with Crippen molar-refractivity contribution in [1.29, 1.82) is 0 Å². The molecule has 2 heterocycles. The van der Waals surface area contributed by atoms with E-state index in [1.807, 2.05) is 60.7 Å². The molecule has 2 fully saturated rings. The molecular weight excluding hydrogens is 296 g/mol. The van der Waals surface area contributed by atoms with E-state index in [4.69, 9.17) is 23.7 Å². The summed E-state index contributed by atoms with van der Waals surface area (Å²) >= 11 is 0. The quantitative estimate of drug-likeness (QED) is 0.766. The number of rotatable bonds is 6. The van der Waals surface area contributed by atoms with Crippen LogP contribution in [0.1, 0.15) is 12.8 Å². The van der Waals surface area contributed by atoms with Gasteiger partial charge in [0.05, 0.1) is 26.1 Å². The molecule has 0 bridgehead atoms. The smallest absolute Gasteiger partial charge is 0.334 e. The average Bonchev–Trinajstić information content (AvgIpc) is 2.52. The van der Waals surface area contributed by atoms with Gasteiger partial charge in [0, 0.05) is 0 Å². The molecule has 2 unspecified atom stereocenters. The Morgan fingerprint density at radius 2 is 1.04 bits per heavy atom. The fourth-order valence-electron chi connectivity index (χ4n) is 2.47. The van der Waals surface area contributed by atoms with Crippen molar-refractivity contribution in [3.8, 4) is 11.5 Å². The molecule has 0 saturated carbocycles. The molecule has 23 heavy (non-hydrogen) atoms. The van der Waals surface area contributed by atoms with E-state index in [1.165, 1.54) is 0 Å². The lowest BCUT2D eigenvalue weighted by atomic mass is 10.2. The molecule has 0 spiro atoms. The maximum atomic E-state index is 6.02. The molecule has 2 aromatic rings. The van der Waals surface area contributed by atoms with Crippen molar-refractivity contribution >= 4 is 0 Å². The Morgan fingerprint density at radius 1 is 0.652 bits per heavy atom. The molecule has 4 rings (SSSR count). The van der Waals surface area contributed by atoms with Gasteiger partial charge in [-0.05, 0) is 24.3 Å². The van der Waals surface area contributed by atoms with Crippen LogP contribution in [0, 0.1) is 0 Å². The maximum absolute atomic E-state index is 6.02. The summed E-state index contributed by atoms with van der Waals surface area (Å²) in [7, 11) is 0. The highest BCUT2D eigenvalue weighted by Gasteiger charge is 2.55. The molecule has 0 radical (unpaired) electrons. The second-order valence-corrected chi connectivity index (χ2v) is 5.50. The Kier molecular flexibility index (Phi) is 3.69. The van der Waals surface area contributed by atoms with E-state index in [1.54, 1.807) is 0 Å². The molecule has 2 aliphatic rings. The maximum Gasteiger partial charge on any atom is 0.334 e. The van der Waals surface area contributed by atoms with Gasteiger partial charge in [-0.25, -0.2) is 4.74 Å². The third-order valence-corrected chi connectivity index (χ3v) is 3.80. The zero-order chi connectivity index (χ0) is 15.6. The van der Waals surface area contributed by atoms with Gasteiger partial charge in [-0.1, -0.05) is 36.4 Å². The topological polar surface area (TPSA) is 46.2 Å². The molecule has 2 aromatic carbocycles. The fourth-order valence-corrected chi connectivity index (χ4v) is 2.47. The molecule has 0 N–H and O–H groups in total. The molecule has 5 heteroatoms. The lowest BCUT2D eigenvalue weighted by Gasteiger charge is -2.49. The van der Waals surface area contributed by atoms with Crippen molar-refractivity contribution in [2.75, 3.05) is 13.2 Å². The van der Waals surface area contributed by atoms with Crippen LogP contribution >= 0.6 is 0 Å². The van der Waals surface area contributed by atoms with Gasteiger partial charge in [0.2, 0.25) is 0 Å². The van der Waals surface area contributed by atoms with Crippen molar-refractivity contribution in [1.82, 2.24) is 0 Å². The van der Waals surface area contributed by atoms with Crippen LogP contribution in [0.4, 0.5) is 0 Å². The van der Waals surface area contributed by atoms with Crippen molar-refractivity contribution < 1.29 is 23.7 Å². The zero-order valence-corrected chi connectivity index (χ0v) is 12.6. The van der Waals surface area contributed by atoms with Crippen molar-refractivity contribution in [2.24, 2.45) is 0 Å². The van der Waals surface area contributed by atoms with Gasteiger partial charge >= 0.3 is 11.9 Å².